The number of carbonyl (C=O) groups excluding carboxylic acids is 2. The Morgan fingerprint density at radius 2 is 2.11 bits per heavy atom. The largest absolute Gasteiger partial charge is 0.466 e. The second-order valence-corrected chi connectivity index (χ2v) is 4.39. The van der Waals surface area contributed by atoms with Crippen molar-refractivity contribution in [3.8, 4) is 0 Å². The SMILES string of the molecule is CCOC(=O)CCN(C)C(=O)c1cccc(Cl)c1N. The van der Waals surface area contributed by atoms with Crippen molar-refractivity contribution in [2.75, 3.05) is 25.9 Å². The van der Waals surface area contributed by atoms with E-state index in [1.54, 1.807) is 32.2 Å². The van der Waals surface area contributed by atoms with Crippen LogP contribution >= 0.6 is 11.6 Å². The summed E-state index contributed by atoms with van der Waals surface area (Å²) < 4.78 is 4.80. The predicted molar refractivity (Wildman–Crippen MR) is 74.1 cm³/mol. The molecule has 104 valence electrons. The number of para-hydroxylation sites is 1. The van der Waals surface area contributed by atoms with Crippen LogP contribution in [-0.4, -0.2) is 37.0 Å². The molecule has 1 rings (SSSR count). The maximum atomic E-state index is 12.1. The van der Waals surface area contributed by atoms with E-state index in [0.29, 0.717) is 17.2 Å². The van der Waals surface area contributed by atoms with E-state index in [1.165, 1.54) is 4.90 Å². The Hall–Kier alpha value is -1.75. The van der Waals surface area contributed by atoms with E-state index in [0.717, 1.165) is 0 Å². The Bertz CT molecular complexity index is 477. The van der Waals surface area contributed by atoms with Gasteiger partial charge in [-0.05, 0) is 19.1 Å². The molecule has 0 aliphatic carbocycles. The summed E-state index contributed by atoms with van der Waals surface area (Å²) in [6.45, 7) is 2.33. The first kappa shape index (κ1) is 15.3. The number of halogens is 1. The zero-order valence-corrected chi connectivity index (χ0v) is 11.7. The fourth-order valence-corrected chi connectivity index (χ4v) is 1.70. The number of hydrogen-bond donors (Lipinski definition) is 1. The number of nitrogens with zero attached hydrogens (tertiary/aromatic N) is 1. The lowest BCUT2D eigenvalue weighted by atomic mass is 10.1. The predicted octanol–water partition coefficient (Wildman–Crippen LogP) is 1.95. The highest BCUT2D eigenvalue weighted by molar-refractivity contribution is 6.33. The number of amides is 1. The third-order valence-electron chi connectivity index (χ3n) is 2.59. The molecule has 0 heterocycles. The van der Waals surface area contributed by atoms with Crippen LogP contribution in [0.3, 0.4) is 0 Å². The van der Waals surface area contributed by atoms with Gasteiger partial charge in [0, 0.05) is 13.6 Å². The minimum atomic E-state index is -0.332. The lowest BCUT2D eigenvalue weighted by Gasteiger charge is -2.18. The lowest BCUT2D eigenvalue weighted by Crippen LogP contribution is -2.30. The maximum Gasteiger partial charge on any atom is 0.307 e. The molecule has 19 heavy (non-hydrogen) atoms. The highest BCUT2D eigenvalue weighted by atomic mass is 35.5. The molecular formula is C13H17ClN2O3. The van der Waals surface area contributed by atoms with Crippen LogP contribution in [0.15, 0.2) is 18.2 Å². The van der Waals surface area contributed by atoms with Crippen LogP contribution in [0.1, 0.15) is 23.7 Å². The van der Waals surface area contributed by atoms with Gasteiger partial charge in [-0.2, -0.15) is 0 Å². The van der Waals surface area contributed by atoms with Gasteiger partial charge in [0.05, 0.1) is 29.3 Å². The second kappa shape index (κ2) is 6.99. The van der Waals surface area contributed by atoms with Gasteiger partial charge in [-0.1, -0.05) is 17.7 Å². The van der Waals surface area contributed by atoms with Gasteiger partial charge in [0.25, 0.3) is 5.91 Å². The fraction of sp³-hybridized carbons (Fsp3) is 0.385. The van der Waals surface area contributed by atoms with Crippen LogP contribution in [0.2, 0.25) is 5.02 Å². The van der Waals surface area contributed by atoms with Crippen molar-refractivity contribution in [2.24, 2.45) is 0 Å². The van der Waals surface area contributed by atoms with Crippen molar-refractivity contribution in [3.05, 3.63) is 28.8 Å². The number of nitrogen functional groups attached to an aromatic ring is 1. The van der Waals surface area contributed by atoms with Gasteiger partial charge in [-0.15, -0.1) is 0 Å². The topological polar surface area (TPSA) is 72.6 Å². The molecule has 0 spiro atoms. The number of carbonyl (C=O) groups is 2. The maximum absolute atomic E-state index is 12.1. The van der Waals surface area contributed by atoms with Gasteiger partial charge in [0.1, 0.15) is 0 Å². The van der Waals surface area contributed by atoms with Gasteiger partial charge >= 0.3 is 5.97 Å². The van der Waals surface area contributed by atoms with Crippen molar-refractivity contribution in [1.82, 2.24) is 4.90 Å². The molecule has 0 fully saturated rings. The second-order valence-electron chi connectivity index (χ2n) is 3.98. The Labute approximate surface area is 117 Å². The van der Waals surface area contributed by atoms with Crippen molar-refractivity contribution >= 4 is 29.2 Å². The highest BCUT2D eigenvalue weighted by Crippen LogP contribution is 2.23. The van der Waals surface area contributed by atoms with E-state index in [4.69, 9.17) is 22.1 Å². The summed E-state index contributed by atoms with van der Waals surface area (Å²) in [6.07, 6.45) is 0.149. The fourth-order valence-electron chi connectivity index (χ4n) is 1.52. The zero-order chi connectivity index (χ0) is 14.4. The molecule has 6 heteroatoms. The number of esters is 1. The van der Waals surface area contributed by atoms with Crippen molar-refractivity contribution in [1.29, 1.82) is 0 Å². The molecule has 1 aromatic rings. The first-order valence-corrected chi connectivity index (χ1v) is 6.30. The summed E-state index contributed by atoms with van der Waals surface area (Å²) in [6, 6.07) is 4.88. The monoisotopic (exact) mass is 284 g/mol. The zero-order valence-electron chi connectivity index (χ0n) is 11.0. The van der Waals surface area contributed by atoms with Crippen molar-refractivity contribution in [2.45, 2.75) is 13.3 Å². The smallest absolute Gasteiger partial charge is 0.307 e. The van der Waals surface area contributed by atoms with E-state index in [9.17, 15) is 9.59 Å². The van der Waals surface area contributed by atoms with Gasteiger partial charge in [-0.3, -0.25) is 9.59 Å². The van der Waals surface area contributed by atoms with Crippen LogP contribution < -0.4 is 5.73 Å². The first-order chi connectivity index (χ1) is 8.97. The van der Waals surface area contributed by atoms with E-state index in [1.807, 2.05) is 0 Å². The number of nitrogens with two attached hydrogens (primary N) is 1. The minimum Gasteiger partial charge on any atom is -0.466 e. The van der Waals surface area contributed by atoms with Crippen molar-refractivity contribution in [3.63, 3.8) is 0 Å². The van der Waals surface area contributed by atoms with Gasteiger partial charge in [0.15, 0.2) is 0 Å². The Balaban J connectivity index is 2.67. The molecule has 0 unspecified atom stereocenters. The third-order valence-corrected chi connectivity index (χ3v) is 2.92. The van der Waals surface area contributed by atoms with E-state index < -0.39 is 0 Å². The quantitative estimate of drug-likeness (QED) is 0.662. The minimum absolute atomic E-state index is 0.149. The Morgan fingerprint density at radius 1 is 1.42 bits per heavy atom. The summed E-state index contributed by atoms with van der Waals surface area (Å²) in [5, 5.41) is 0.338. The van der Waals surface area contributed by atoms with E-state index in [2.05, 4.69) is 0 Å². The molecule has 0 aliphatic rings. The van der Waals surface area contributed by atoms with Crippen LogP contribution in [-0.2, 0) is 9.53 Å². The van der Waals surface area contributed by atoms with Crippen LogP contribution in [0.25, 0.3) is 0 Å². The summed E-state index contributed by atoms with van der Waals surface area (Å²) >= 11 is 5.86. The molecular weight excluding hydrogens is 268 g/mol. The number of hydrogen-bond acceptors (Lipinski definition) is 4. The number of rotatable bonds is 5. The summed E-state index contributed by atoms with van der Waals surface area (Å²) in [5.41, 5.74) is 6.33. The van der Waals surface area contributed by atoms with E-state index in [-0.39, 0.29) is 30.5 Å². The van der Waals surface area contributed by atoms with Crippen LogP contribution in [0.4, 0.5) is 5.69 Å². The normalized spacial score (nSPS) is 10.1. The number of benzene rings is 1. The Morgan fingerprint density at radius 3 is 2.74 bits per heavy atom. The Kier molecular flexibility index (Phi) is 5.63. The molecule has 1 amide bonds. The van der Waals surface area contributed by atoms with Crippen LogP contribution in [0, 0.1) is 0 Å². The molecule has 2 N–H and O–H groups in total. The molecule has 0 aliphatic heterocycles. The van der Waals surface area contributed by atoms with E-state index >= 15 is 0 Å². The highest BCUT2D eigenvalue weighted by Gasteiger charge is 2.17. The third kappa shape index (κ3) is 4.13. The average Bonchev–Trinajstić information content (AvgIpc) is 2.38. The van der Waals surface area contributed by atoms with Gasteiger partial charge in [0.2, 0.25) is 0 Å². The molecule has 0 saturated carbocycles. The van der Waals surface area contributed by atoms with Crippen LogP contribution in [0.5, 0.6) is 0 Å². The summed E-state index contributed by atoms with van der Waals surface area (Å²) in [5.74, 6) is -0.606. The molecule has 5 nitrogen and oxygen atoms in total. The van der Waals surface area contributed by atoms with Gasteiger partial charge in [-0.25, -0.2) is 0 Å². The average molecular weight is 285 g/mol. The molecule has 0 saturated heterocycles. The number of ether oxygens (including phenoxy) is 1. The molecule has 0 atom stereocenters. The molecule has 1 aromatic carbocycles. The summed E-state index contributed by atoms with van der Waals surface area (Å²) in [4.78, 5) is 24.8. The first-order valence-electron chi connectivity index (χ1n) is 5.92. The lowest BCUT2D eigenvalue weighted by molar-refractivity contribution is -0.143. The van der Waals surface area contributed by atoms with Crippen molar-refractivity contribution < 1.29 is 14.3 Å². The molecule has 0 bridgehead atoms. The van der Waals surface area contributed by atoms with Gasteiger partial charge < -0.3 is 15.4 Å². The number of anilines is 1. The standard InChI is InChI=1S/C13H17ClN2O3/c1-3-19-11(17)7-8-16(2)13(18)9-5-4-6-10(14)12(9)15/h4-6H,3,7-8,15H2,1-2H3. The molecule has 0 aromatic heterocycles. The summed E-state index contributed by atoms with van der Waals surface area (Å²) in [7, 11) is 1.60. The molecule has 0 radical (unpaired) electrons.